The van der Waals surface area contributed by atoms with Gasteiger partial charge < -0.3 is 14.6 Å². The van der Waals surface area contributed by atoms with Crippen LogP contribution < -0.4 is 4.90 Å². The lowest BCUT2D eigenvalue weighted by atomic mass is 10.2. The molecule has 3 aromatic rings. The van der Waals surface area contributed by atoms with Crippen molar-refractivity contribution in [3.05, 3.63) is 29.0 Å². The van der Waals surface area contributed by atoms with Gasteiger partial charge in [0.2, 0.25) is 0 Å². The van der Waals surface area contributed by atoms with Crippen molar-refractivity contribution >= 4 is 43.7 Å². The smallest absolute Gasteiger partial charge is 0.156 e. The van der Waals surface area contributed by atoms with Crippen LogP contribution in [0.4, 0.5) is 5.82 Å². The number of anilines is 1. The van der Waals surface area contributed by atoms with Crippen LogP contribution in [0.2, 0.25) is 0 Å². The summed E-state index contributed by atoms with van der Waals surface area (Å²) < 4.78 is 6.46. The molecule has 5 nitrogen and oxygen atoms in total. The Bertz CT molecular complexity index is 779. The zero-order chi connectivity index (χ0) is 13.5. The molecule has 0 unspecified atom stereocenters. The molecule has 1 N–H and O–H groups in total. The number of hydrogen-bond donors (Lipinski definition) is 1. The van der Waals surface area contributed by atoms with E-state index in [0.717, 1.165) is 58.5 Å². The first-order valence-electron chi connectivity index (χ1n) is 6.57. The molecule has 1 fully saturated rings. The predicted octanol–water partition coefficient (Wildman–Crippen LogP) is 2.71. The van der Waals surface area contributed by atoms with Gasteiger partial charge in [-0.3, -0.25) is 0 Å². The molecule has 0 atom stereocenters. The number of aromatic amines is 1. The predicted molar refractivity (Wildman–Crippen MR) is 82.1 cm³/mol. The molecule has 102 valence electrons. The van der Waals surface area contributed by atoms with Crippen LogP contribution in [0.3, 0.4) is 0 Å². The number of nitrogens with one attached hydrogen (secondary N) is 1. The second-order valence-corrected chi connectivity index (χ2v) is 5.75. The summed E-state index contributed by atoms with van der Waals surface area (Å²) >= 11 is 3.51. The molecule has 2 aromatic heterocycles. The van der Waals surface area contributed by atoms with Gasteiger partial charge in [-0.2, -0.15) is 0 Å². The Morgan fingerprint density at radius 3 is 2.90 bits per heavy atom. The zero-order valence-corrected chi connectivity index (χ0v) is 12.4. The second-order valence-electron chi connectivity index (χ2n) is 4.84. The SMILES string of the molecule is Brc1ccc2[nH]c3c(N4CCOCC4)ncnc3c2c1. The van der Waals surface area contributed by atoms with Crippen LogP contribution in [0.5, 0.6) is 0 Å². The minimum Gasteiger partial charge on any atom is -0.378 e. The van der Waals surface area contributed by atoms with E-state index in [2.05, 4.69) is 47.9 Å². The molecular formula is C14H13BrN4O. The summed E-state index contributed by atoms with van der Waals surface area (Å²) in [5.41, 5.74) is 3.05. The molecule has 6 heteroatoms. The molecule has 0 saturated carbocycles. The fourth-order valence-electron chi connectivity index (χ4n) is 2.67. The molecule has 20 heavy (non-hydrogen) atoms. The highest BCUT2D eigenvalue weighted by molar-refractivity contribution is 9.10. The van der Waals surface area contributed by atoms with Crippen molar-refractivity contribution in [1.29, 1.82) is 0 Å². The number of halogens is 1. The quantitative estimate of drug-likeness (QED) is 0.744. The van der Waals surface area contributed by atoms with Gasteiger partial charge in [0, 0.05) is 28.5 Å². The maximum absolute atomic E-state index is 5.41. The number of hydrogen-bond acceptors (Lipinski definition) is 4. The molecule has 0 aliphatic carbocycles. The highest BCUT2D eigenvalue weighted by atomic mass is 79.9. The number of benzene rings is 1. The fraction of sp³-hybridized carbons (Fsp3) is 0.286. The topological polar surface area (TPSA) is 54.0 Å². The number of morpholine rings is 1. The van der Waals surface area contributed by atoms with Gasteiger partial charge in [0.05, 0.1) is 13.2 Å². The van der Waals surface area contributed by atoms with Crippen LogP contribution >= 0.6 is 15.9 Å². The van der Waals surface area contributed by atoms with E-state index < -0.39 is 0 Å². The molecule has 1 aliphatic rings. The van der Waals surface area contributed by atoms with Gasteiger partial charge in [-0.25, -0.2) is 9.97 Å². The Morgan fingerprint density at radius 2 is 2.05 bits per heavy atom. The molecule has 3 heterocycles. The molecule has 1 saturated heterocycles. The summed E-state index contributed by atoms with van der Waals surface area (Å²) in [6, 6.07) is 6.17. The highest BCUT2D eigenvalue weighted by Crippen LogP contribution is 2.30. The minimum atomic E-state index is 0.747. The first-order valence-corrected chi connectivity index (χ1v) is 7.37. The standard InChI is InChI=1S/C14H13BrN4O/c15-9-1-2-11-10(7-9)12-13(18-11)14(17-8-16-12)19-3-5-20-6-4-19/h1-2,7-8,18H,3-6H2. The number of H-pyrrole nitrogens is 1. The van der Waals surface area contributed by atoms with Crippen LogP contribution in [0.25, 0.3) is 21.9 Å². The lowest BCUT2D eigenvalue weighted by Gasteiger charge is -2.27. The summed E-state index contributed by atoms with van der Waals surface area (Å²) in [4.78, 5) is 14.6. The van der Waals surface area contributed by atoms with Crippen molar-refractivity contribution in [1.82, 2.24) is 15.0 Å². The lowest BCUT2D eigenvalue weighted by molar-refractivity contribution is 0.122. The van der Waals surface area contributed by atoms with Crippen LogP contribution in [-0.2, 0) is 4.74 Å². The number of ether oxygens (including phenoxy) is 1. The van der Waals surface area contributed by atoms with E-state index in [9.17, 15) is 0 Å². The van der Waals surface area contributed by atoms with E-state index in [4.69, 9.17) is 4.74 Å². The second kappa shape index (κ2) is 4.71. The van der Waals surface area contributed by atoms with E-state index >= 15 is 0 Å². The van der Waals surface area contributed by atoms with Crippen molar-refractivity contribution in [2.45, 2.75) is 0 Å². The molecule has 0 spiro atoms. The monoisotopic (exact) mass is 332 g/mol. The first-order chi connectivity index (χ1) is 9.83. The van der Waals surface area contributed by atoms with Crippen molar-refractivity contribution < 1.29 is 4.74 Å². The first kappa shape index (κ1) is 12.1. The third-order valence-electron chi connectivity index (χ3n) is 3.63. The Kier molecular flexibility index (Phi) is 2.85. The minimum absolute atomic E-state index is 0.747. The molecule has 4 rings (SSSR count). The van der Waals surface area contributed by atoms with Gasteiger partial charge in [0.1, 0.15) is 17.4 Å². The van der Waals surface area contributed by atoms with Gasteiger partial charge >= 0.3 is 0 Å². The molecular weight excluding hydrogens is 320 g/mol. The van der Waals surface area contributed by atoms with Gasteiger partial charge in [-0.05, 0) is 18.2 Å². The van der Waals surface area contributed by atoms with E-state index in [1.807, 2.05) is 6.07 Å². The average Bonchev–Trinajstić information content (AvgIpc) is 2.86. The number of nitrogens with zero attached hydrogens (tertiary/aromatic N) is 3. The average molecular weight is 333 g/mol. The number of fused-ring (bicyclic) bond motifs is 3. The van der Waals surface area contributed by atoms with Gasteiger partial charge in [-0.15, -0.1) is 0 Å². The number of rotatable bonds is 1. The maximum Gasteiger partial charge on any atom is 0.156 e. The molecule has 0 amide bonds. The van der Waals surface area contributed by atoms with Crippen LogP contribution in [0, 0.1) is 0 Å². The van der Waals surface area contributed by atoms with Gasteiger partial charge in [0.15, 0.2) is 5.82 Å². The summed E-state index contributed by atoms with van der Waals surface area (Å²) in [7, 11) is 0. The van der Waals surface area contributed by atoms with Crippen molar-refractivity contribution in [2.75, 3.05) is 31.2 Å². The summed E-state index contributed by atoms with van der Waals surface area (Å²) in [6.07, 6.45) is 1.64. The van der Waals surface area contributed by atoms with E-state index in [1.165, 1.54) is 0 Å². The van der Waals surface area contributed by atoms with Crippen molar-refractivity contribution in [2.24, 2.45) is 0 Å². The summed E-state index contributed by atoms with van der Waals surface area (Å²) in [6.45, 7) is 3.23. The fourth-order valence-corrected chi connectivity index (χ4v) is 3.03. The maximum atomic E-state index is 5.41. The Balaban J connectivity index is 1.95. The number of aromatic nitrogens is 3. The Morgan fingerprint density at radius 1 is 1.20 bits per heavy atom. The van der Waals surface area contributed by atoms with Crippen LogP contribution in [-0.4, -0.2) is 41.3 Å². The largest absolute Gasteiger partial charge is 0.378 e. The molecule has 0 bridgehead atoms. The molecule has 0 radical (unpaired) electrons. The lowest BCUT2D eigenvalue weighted by Crippen LogP contribution is -2.36. The van der Waals surface area contributed by atoms with E-state index in [1.54, 1.807) is 6.33 Å². The van der Waals surface area contributed by atoms with Crippen molar-refractivity contribution in [3.8, 4) is 0 Å². The van der Waals surface area contributed by atoms with Crippen LogP contribution in [0.15, 0.2) is 29.0 Å². The van der Waals surface area contributed by atoms with Gasteiger partial charge in [-0.1, -0.05) is 15.9 Å². The Labute approximate surface area is 124 Å². The summed E-state index contributed by atoms with van der Waals surface area (Å²) in [5, 5.41) is 1.12. The van der Waals surface area contributed by atoms with Crippen molar-refractivity contribution in [3.63, 3.8) is 0 Å². The summed E-state index contributed by atoms with van der Waals surface area (Å²) in [5.74, 6) is 0.964. The zero-order valence-electron chi connectivity index (χ0n) is 10.8. The highest BCUT2D eigenvalue weighted by Gasteiger charge is 2.18. The molecule has 1 aromatic carbocycles. The normalized spacial score (nSPS) is 16.1. The van der Waals surface area contributed by atoms with Gasteiger partial charge in [0.25, 0.3) is 0 Å². The Hall–Kier alpha value is -1.66. The third-order valence-corrected chi connectivity index (χ3v) is 4.13. The third kappa shape index (κ3) is 1.87. The van der Waals surface area contributed by atoms with E-state index in [-0.39, 0.29) is 0 Å². The molecule has 1 aliphatic heterocycles. The van der Waals surface area contributed by atoms with E-state index in [0.29, 0.717) is 0 Å². The van der Waals surface area contributed by atoms with Crippen LogP contribution in [0.1, 0.15) is 0 Å².